The van der Waals surface area contributed by atoms with Crippen molar-refractivity contribution in [2.45, 2.75) is 45.1 Å². The lowest BCUT2D eigenvalue weighted by molar-refractivity contribution is 0.126. The van der Waals surface area contributed by atoms with E-state index in [9.17, 15) is 5.11 Å². The van der Waals surface area contributed by atoms with Crippen LogP contribution in [-0.2, 0) is 0 Å². The maximum absolute atomic E-state index is 9.33. The molecule has 0 bridgehead atoms. The average Bonchev–Trinajstić information content (AvgIpc) is 2.49. The number of benzene rings is 1. The van der Waals surface area contributed by atoms with Crippen molar-refractivity contribution in [1.29, 1.82) is 0 Å². The van der Waals surface area contributed by atoms with Gasteiger partial charge in [-0.05, 0) is 30.9 Å². The van der Waals surface area contributed by atoms with E-state index in [0.717, 1.165) is 44.7 Å². The topological polar surface area (TPSA) is 32.7 Å². The van der Waals surface area contributed by atoms with Gasteiger partial charge in [0.1, 0.15) is 5.75 Å². The molecule has 0 radical (unpaired) electrons. The molecular formula is C17H27NO2. The minimum Gasteiger partial charge on any atom is -0.493 e. The fraction of sp³-hybridized carbons (Fsp3) is 0.647. The van der Waals surface area contributed by atoms with Gasteiger partial charge in [0.2, 0.25) is 0 Å². The molecule has 112 valence electrons. The summed E-state index contributed by atoms with van der Waals surface area (Å²) in [6, 6.07) is 8.94. The Morgan fingerprint density at radius 1 is 1.30 bits per heavy atom. The van der Waals surface area contributed by atoms with Crippen molar-refractivity contribution in [3.63, 3.8) is 0 Å². The first-order valence-electron chi connectivity index (χ1n) is 7.86. The van der Waals surface area contributed by atoms with Gasteiger partial charge in [-0.3, -0.25) is 4.90 Å². The summed E-state index contributed by atoms with van der Waals surface area (Å²) in [6.45, 7) is 7.30. The highest BCUT2D eigenvalue weighted by atomic mass is 16.5. The SMILES string of the molecule is CCC(CC)N(CCO)CC1CCOc2ccccc21. The van der Waals surface area contributed by atoms with Crippen LogP contribution >= 0.6 is 0 Å². The molecule has 0 saturated carbocycles. The predicted molar refractivity (Wildman–Crippen MR) is 82.3 cm³/mol. The molecule has 1 aromatic rings. The van der Waals surface area contributed by atoms with Gasteiger partial charge in [0, 0.05) is 25.0 Å². The molecule has 0 amide bonds. The number of hydrogen-bond donors (Lipinski definition) is 1. The maximum atomic E-state index is 9.33. The molecule has 1 unspecified atom stereocenters. The van der Waals surface area contributed by atoms with Crippen LogP contribution in [-0.4, -0.2) is 42.4 Å². The third kappa shape index (κ3) is 3.53. The van der Waals surface area contributed by atoms with Crippen LogP contribution < -0.4 is 4.74 Å². The van der Waals surface area contributed by atoms with Gasteiger partial charge in [0.15, 0.2) is 0 Å². The summed E-state index contributed by atoms with van der Waals surface area (Å²) in [5.41, 5.74) is 1.33. The number of ether oxygens (including phenoxy) is 1. The van der Waals surface area contributed by atoms with E-state index >= 15 is 0 Å². The van der Waals surface area contributed by atoms with Gasteiger partial charge in [-0.2, -0.15) is 0 Å². The second-order valence-electron chi connectivity index (χ2n) is 5.56. The van der Waals surface area contributed by atoms with E-state index in [1.54, 1.807) is 0 Å². The number of aliphatic hydroxyl groups is 1. The third-order valence-corrected chi connectivity index (χ3v) is 4.38. The predicted octanol–water partition coefficient (Wildman–Crippen LogP) is 3.04. The first-order chi connectivity index (χ1) is 9.80. The summed E-state index contributed by atoms with van der Waals surface area (Å²) in [7, 11) is 0. The molecule has 0 fully saturated rings. The Labute approximate surface area is 122 Å². The molecule has 1 aliphatic heterocycles. The van der Waals surface area contributed by atoms with E-state index in [2.05, 4.69) is 36.9 Å². The second kappa shape index (κ2) is 7.65. The molecule has 1 N–H and O–H groups in total. The van der Waals surface area contributed by atoms with Crippen molar-refractivity contribution in [2.24, 2.45) is 0 Å². The van der Waals surface area contributed by atoms with Gasteiger partial charge in [-0.1, -0.05) is 32.0 Å². The molecule has 2 rings (SSSR count). The Morgan fingerprint density at radius 3 is 2.75 bits per heavy atom. The Kier molecular flexibility index (Phi) is 5.86. The van der Waals surface area contributed by atoms with Gasteiger partial charge < -0.3 is 9.84 Å². The Hall–Kier alpha value is -1.06. The summed E-state index contributed by atoms with van der Waals surface area (Å²) in [5.74, 6) is 1.56. The smallest absolute Gasteiger partial charge is 0.122 e. The lowest BCUT2D eigenvalue weighted by Gasteiger charge is -2.35. The summed E-state index contributed by atoms with van der Waals surface area (Å²) < 4.78 is 5.74. The molecule has 3 nitrogen and oxygen atoms in total. The molecule has 3 heteroatoms. The van der Waals surface area contributed by atoms with Gasteiger partial charge in [-0.15, -0.1) is 0 Å². The van der Waals surface area contributed by atoms with Crippen LogP contribution in [0.2, 0.25) is 0 Å². The first kappa shape index (κ1) is 15.3. The van der Waals surface area contributed by atoms with E-state index in [4.69, 9.17) is 4.74 Å². The summed E-state index contributed by atoms with van der Waals surface area (Å²) in [4.78, 5) is 2.45. The quantitative estimate of drug-likeness (QED) is 0.831. The number of rotatable bonds is 7. The molecular weight excluding hydrogens is 250 g/mol. The summed E-state index contributed by atoms with van der Waals surface area (Å²) in [5, 5.41) is 9.33. The molecule has 1 aliphatic rings. The molecule has 0 spiro atoms. The minimum atomic E-state index is 0.237. The maximum Gasteiger partial charge on any atom is 0.122 e. The second-order valence-corrected chi connectivity index (χ2v) is 5.56. The highest BCUT2D eigenvalue weighted by Crippen LogP contribution is 2.34. The van der Waals surface area contributed by atoms with Gasteiger partial charge in [0.25, 0.3) is 0 Å². The average molecular weight is 277 g/mol. The van der Waals surface area contributed by atoms with E-state index in [1.165, 1.54) is 5.56 Å². The number of para-hydroxylation sites is 1. The van der Waals surface area contributed by atoms with Crippen LogP contribution in [0.25, 0.3) is 0 Å². The van der Waals surface area contributed by atoms with Crippen LogP contribution in [0.15, 0.2) is 24.3 Å². The Morgan fingerprint density at radius 2 is 2.05 bits per heavy atom. The first-order valence-corrected chi connectivity index (χ1v) is 7.86. The Balaban J connectivity index is 2.11. The number of hydrogen-bond acceptors (Lipinski definition) is 3. The number of aliphatic hydroxyl groups excluding tert-OH is 1. The highest BCUT2D eigenvalue weighted by Gasteiger charge is 2.25. The normalized spacial score (nSPS) is 18.1. The van der Waals surface area contributed by atoms with E-state index in [1.807, 2.05) is 6.07 Å². The van der Waals surface area contributed by atoms with Gasteiger partial charge in [-0.25, -0.2) is 0 Å². The van der Waals surface area contributed by atoms with Crippen molar-refractivity contribution in [1.82, 2.24) is 4.90 Å². The van der Waals surface area contributed by atoms with E-state index < -0.39 is 0 Å². The van der Waals surface area contributed by atoms with Gasteiger partial charge in [0.05, 0.1) is 13.2 Å². The number of nitrogens with zero attached hydrogens (tertiary/aromatic N) is 1. The summed E-state index contributed by atoms with van der Waals surface area (Å²) >= 11 is 0. The van der Waals surface area contributed by atoms with Crippen molar-refractivity contribution >= 4 is 0 Å². The largest absolute Gasteiger partial charge is 0.493 e. The van der Waals surface area contributed by atoms with E-state index in [-0.39, 0.29) is 6.61 Å². The zero-order valence-electron chi connectivity index (χ0n) is 12.7. The van der Waals surface area contributed by atoms with Crippen molar-refractivity contribution in [3.8, 4) is 5.75 Å². The molecule has 1 aromatic carbocycles. The molecule has 20 heavy (non-hydrogen) atoms. The van der Waals surface area contributed by atoms with Crippen LogP contribution in [0, 0.1) is 0 Å². The van der Waals surface area contributed by atoms with Crippen molar-refractivity contribution in [3.05, 3.63) is 29.8 Å². The molecule has 1 atom stereocenters. The molecule has 0 aromatic heterocycles. The minimum absolute atomic E-state index is 0.237. The fourth-order valence-electron chi connectivity index (χ4n) is 3.25. The van der Waals surface area contributed by atoms with Gasteiger partial charge >= 0.3 is 0 Å². The third-order valence-electron chi connectivity index (χ3n) is 4.38. The molecule has 0 aliphatic carbocycles. The highest BCUT2D eigenvalue weighted by molar-refractivity contribution is 5.37. The zero-order chi connectivity index (χ0) is 14.4. The molecule has 1 heterocycles. The van der Waals surface area contributed by atoms with Crippen LogP contribution in [0.5, 0.6) is 5.75 Å². The Bertz CT molecular complexity index is 404. The number of fused-ring (bicyclic) bond motifs is 1. The fourth-order valence-corrected chi connectivity index (χ4v) is 3.25. The lowest BCUT2D eigenvalue weighted by atomic mass is 9.92. The zero-order valence-corrected chi connectivity index (χ0v) is 12.7. The van der Waals surface area contributed by atoms with E-state index in [0.29, 0.717) is 12.0 Å². The molecule has 0 saturated heterocycles. The monoisotopic (exact) mass is 277 g/mol. The van der Waals surface area contributed by atoms with Crippen LogP contribution in [0.3, 0.4) is 0 Å². The van der Waals surface area contributed by atoms with Crippen LogP contribution in [0.1, 0.15) is 44.6 Å². The van der Waals surface area contributed by atoms with Crippen LogP contribution in [0.4, 0.5) is 0 Å². The van der Waals surface area contributed by atoms with Crippen molar-refractivity contribution < 1.29 is 9.84 Å². The lowest BCUT2D eigenvalue weighted by Crippen LogP contribution is -2.40. The summed E-state index contributed by atoms with van der Waals surface area (Å²) in [6.07, 6.45) is 3.35. The van der Waals surface area contributed by atoms with Crippen molar-refractivity contribution in [2.75, 3.05) is 26.3 Å². The standard InChI is InChI=1S/C17H27NO2/c1-3-15(4-2)18(10-11-19)13-14-9-12-20-17-8-6-5-7-16(14)17/h5-8,14-15,19H,3-4,9-13H2,1-2H3.